The molecule has 1 aromatic heterocycles. The lowest BCUT2D eigenvalue weighted by molar-refractivity contribution is -0.384. The van der Waals surface area contributed by atoms with Crippen molar-refractivity contribution in [3.05, 3.63) is 29.7 Å². The van der Waals surface area contributed by atoms with Gasteiger partial charge in [-0.3, -0.25) is 14.3 Å². The molecule has 0 bridgehead atoms. The number of halogens is 4. The molecule has 0 saturated heterocycles. The molecule has 6 nitrogen and oxygen atoms in total. The number of allylic oxidation sites excluding steroid dienone is 2. The van der Waals surface area contributed by atoms with Crippen molar-refractivity contribution in [2.75, 3.05) is 17.3 Å². The summed E-state index contributed by atoms with van der Waals surface area (Å²) in [6.07, 6.45) is -0.937. The number of nitrogens with one attached hydrogen (secondary N) is 1. The van der Waals surface area contributed by atoms with Crippen molar-refractivity contribution in [2.45, 2.75) is 18.0 Å². The van der Waals surface area contributed by atoms with Gasteiger partial charge in [0.15, 0.2) is 6.20 Å². The van der Waals surface area contributed by atoms with Crippen LogP contribution in [0.15, 0.2) is 33.9 Å². The molecular weight excluding hydrogens is 427 g/mol. The number of H-pyrrole nitrogens is 1. The number of alkyl halides is 4. The maximum atomic E-state index is 12.8. The Hall–Kier alpha value is -1.59. The average molecular weight is 445 g/mol. The van der Waals surface area contributed by atoms with Crippen LogP contribution in [-0.2, 0) is 9.35 Å². The SMILES string of the molecule is CCS(C)(=O)(O)c1cc(N=CC=C(N)C(F)(F)F)c[nH+]c1C(=O)CBr. The Bertz CT molecular complexity index is 800. The van der Waals surface area contributed by atoms with E-state index in [1.165, 1.54) is 19.2 Å². The fraction of sp³-hybridized carbons (Fsp3) is 0.357. The van der Waals surface area contributed by atoms with Gasteiger partial charge in [0.1, 0.15) is 16.3 Å². The van der Waals surface area contributed by atoms with Gasteiger partial charge in [-0.1, -0.05) is 15.9 Å². The fourth-order valence-corrected chi connectivity index (χ4v) is 3.40. The molecule has 0 saturated carbocycles. The Morgan fingerprint density at radius 2 is 2.12 bits per heavy atom. The van der Waals surface area contributed by atoms with Gasteiger partial charge in [0.25, 0.3) is 5.69 Å². The molecule has 4 N–H and O–H groups in total. The quantitative estimate of drug-likeness (QED) is 0.399. The zero-order valence-electron chi connectivity index (χ0n) is 13.4. The van der Waals surface area contributed by atoms with Crippen LogP contribution in [0.3, 0.4) is 0 Å². The van der Waals surface area contributed by atoms with E-state index in [4.69, 9.17) is 5.73 Å². The van der Waals surface area contributed by atoms with E-state index in [1.807, 2.05) is 0 Å². The van der Waals surface area contributed by atoms with E-state index in [9.17, 15) is 26.7 Å². The molecule has 1 rings (SSSR count). The largest absolute Gasteiger partial charge is 0.430 e. The van der Waals surface area contributed by atoms with Crippen LogP contribution in [0.25, 0.3) is 0 Å². The van der Waals surface area contributed by atoms with Crippen molar-refractivity contribution in [3.8, 4) is 0 Å². The molecule has 0 aliphatic carbocycles. The molecule has 0 spiro atoms. The number of nitrogens with two attached hydrogens (primary N) is 1. The van der Waals surface area contributed by atoms with E-state index in [0.717, 1.165) is 12.5 Å². The second-order valence-corrected chi connectivity index (χ2v) is 9.87. The molecule has 25 heavy (non-hydrogen) atoms. The van der Waals surface area contributed by atoms with Crippen LogP contribution in [0.5, 0.6) is 0 Å². The minimum atomic E-state index is -4.67. The smallest absolute Gasteiger partial charge is 0.395 e. The highest BCUT2D eigenvalue weighted by Crippen LogP contribution is 2.33. The first-order valence-electron chi connectivity index (χ1n) is 6.90. The number of carbonyl (C=O) groups is 1. The Balaban J connectivity index is 3.40. The molecule has 0 aliphatic heterocycles. The summed E-state index contributed by atoms with van der Waals surface area (Å²) in [7, 11) is -4.32. The van der Waals surface area contributed by atoms with Crippen LogP contribution < -0.4 is 10.7 Å². The average Bonchev–Trinajstić information content (AvgIpc) is 2.52. The molecule has 1 aromatic rings. The van der Waals surface area contributed by atoms with Crippen molar-refractivity contribution < 1.29 is 31.7 Å². The van der Waals surface area contributed by atoms with Crippen molar-refractivity contribution >= 4 is 43.0 Å². The predicted molar refractivity (Wildman–Crippen MR) is 93.1 cm³/mol. The maximum Gasteiger partial charge on any atom is 0.430 e. The van der Waals surface area contributed by atoms with E-state index in [-0.39, 0.29) is 27.4 Å². The number of aromatic nitrogens is 1. The third-order valence-corrected chi connectivity index (χ3v) is 6.66. The maximum absolute atomic E-state index is 12.8. The first-order chi connectivity index (χ1) is 11.3. The third kappa shape index (κ3) is 5.44. The molecule has 1 heterocycles. The second-order valence-electron chi connectivity index (χ2n) is 5.32. The summed E-state index contributed by atoms with van der Waals surface area (Å²) in [6, 6.07) is 1.19. The van der Waals surface area contributed by atoms with E-state index in [2.05, 4.69) is 25.9 Å². The van der Waals surface area contributed by atoms with Crippen LogP contribution in [0.2, 0.25) is 0 Å². The number of pyridine rings is 1. The number of aromatic amines is 1. The third-order valence-electron chi connectivity index (χ3n) is 3.34. The molecule has 0 aromatic carbocycles. The summed E-state index contributed by atoms with van der Waals surface area (Å²) < 4.78 is 60.2. The zero-order chi connectivity index (χ0) is 19.5. The van der Waals surface area contributed by atoms with Crippen LogP contribution in [0, 0.1) is 0 Å². The zero-order valence-corrected chi connectivity index (χ0v) is 15.8. The molecule has 0 unspecified atom stereocenters. The first kappa shape index (κ1) is 21.5. The van der Waals surface area contributed by atoms with Gasteiger partial charge in [-0.25, -0.2) is 9.19 Å². The second kappa shape index (κ2) is 7.34. The van der Waals surface area contributed by atoms with Crippen molar-refractivity contribution in [1.29, 1.82) is 0 Å². The van der Waals surface area contributed by atoms with E-state index in [0.29, 0.717) is 6.08 Å². The number of hydrogen-bond acceptors (Lipinski definition) is 4. The summed E-state index contributed by atoms with van der Waals surface area (Å²) in [6.45, 7) is 1.49. The highest BCUT2D eigenvalue weighted by molar-refractivity contribution is 9.09. The predicted octanol–water partition coefficient (Wildman–Crippen LogP) is 2.49. The lowest BCUT2D eigenvalue weighted by atomic mass is 10.2. The van der Waals surface area contributed by atoms with Crippen LogP contribution in [-0.4, -0.2) is 44.3 Å². The fourth-order valence-electron chi connectivity index (χ4n) is 1.69. The summed E-state index contributed by atoms with van der Waals surface area (Å²) in [5.74, 6) is -0.600. The molecule has 140 valence electrons. The standard InChI is InChI=1S/C14H17BrF3N3O3S/c1-3-25(2,23,24)11-6-9(8-21-13(11)10(22)7-15)20-5-4-12(19)14(16,17)18/h4-6,8H,3,7,19H2,1-2H3,(H,23,24)/p+1. The van der Waals surface area contributed by atoms with Gasteiger partial charge < -0.3 is 5.73 Å². The summed E-state index contributed by atoms with van der Waals surface area (Å²) >= 11 is 2.99. The molecule has 0 radical (unpaired) electrons. The van der Waals surface area contributed by atoms with Gasteiger partial charge in [-0.05, 0) is 19.1 Å². The molecule has 0 fully saturated rings. The highest BCUT2D eigenvalue weighted by atomic mass is 79.9. The van der Waals surface area contributed by atoms with E-state index in [1.54, 1.807) is 0 Å². The summed E-state index contributed by atoms with van der Waals surface area (Å²) in [5, 5.41) is -0.0728. The van der Waals surface area contributed by atoms with Gasteiger partial charge >= 0.3 is 6.18 Å². The summed E-state index contributed by atoms with van der Waals surface area (Å²) in [5.41, 5.74) is 3.51. The molecule has 11 heteroatoms. The van der Waals surface area contributed by atoms with Crippen molar-refractivity contribution in [3.63, 3.8) is 0 Å². The van der Waals surface area contributed by atoms with Gasteiger partial charge in [0.05, 0.1) is 5.33 Å². The van der Waals surface area contributed by atoms with Gasteiger partial charge in [0, 0.05) is 18.2 Å². The minimum absolute atomic E-state index is 0.0648. The minimum Gasteiger partial charge on any atom is -0.395 e. The van der Waals surface area contributed by atoms with Crippen molar-refractivity contribution in [2.24, 2.45) is 10.7 Å². The van der Waals surface area contributed by atoms with E-state index >= 15 is 0 Å². The van der Waals surface area contributed by atoms with Crippen LogP contribution >= 0.6 is 15.9 Å². The first-order valence-corrected chi connectivity index (χ1v) is 10.5. The van der Waals surface area contributed by atoms with Gasteiger partial charge in [0.2, 0.25) is 5.78 Å². The van der Waals surface area contributed by atoms with Gasteiger partial charge in [-0.15, -0.1) is 0 Å². The number of ketones is 1. The molecule has 0 amide bonds. The van der Waals surface area contributed by atoms with Gasteiger partial charge in [-0.2, -0.15) is 22.5 Å². The number of nitrogens with zero attached hydrogens (tertiary/aromatic N) is 1. The Kier molecular flexibility index (Phi) is 6.30. The van der Waals surface area contributed by atoms with Crippen LogP contribution in [0.4, 0.5) is 18.9 Å². The highest BCUT2D eigenvalue weighted by Gasteiger charge is 2.33. The number of rotatable bonds is 6. The number of aliphatic imine (C=N–C) groups is 1. The monoisotopic (exact) mass is 444 g/mol. The number of hydrogen-bond donors (Lipinski definition) is 2. The summed E-state index contributed by atoms with van der Waals surface area (Å²) in [4.78, 5) is 18.2. The Morgan fingerprint density at radius 1 is 1.52 bits per heavy atom. The normalized spacial score (nSPS) is 15.2. The molecule has 0 atom stereocenters. The topological polar surface area (TPSA) is 107 Å². The van der Waals surface area contributed by atoms with Crippen LogP contribution in [0.1, 0.15) is 17.4 Å². The lowest BCUT2D eigenvalue weighted by Gasteiger charge is -2.37. The Morgan fingerprint density at radius 3 is 2.60 bits per heavy atom. The number of Topliss-reactive ketones (excluding diaryl/α,β-unsaturated/α-hetero) is 1. The lowest BCUT2D eigenvalue weighted by Crippen LogP contribution is -2.37. The Labute approximate surface area is 150 Å². The molecular formula is C14H18BrF3N3O3S+. The van der Waals surface area contributed by atoms with E-state index < -0.39 is 27.0 Å². The van der Waals surface area contributed by atoms with Crippen molar-refractivity contribution in [1.82, 2.24) is 0 Å². The number of carbonyl (C=O) groups excluding carboxylic acids is 1. The molecule has 0 aliphatic rings.